The smallest absolute Gasteiger partial charge is 0.388 e. The standard InChI is InChI=1S/C13H18F3N3O/c1-9-3-2-6-12(20,7-9)8-17-11-5-4-10(18-19-11)13(14,15)16/h4-5,9,20H,2-3,6-8H2,1H3,(H,17,19). The first-order valence-electron chi connectivity index (χ1n) is 6.66. The van der Waals surface area contributed by atoms with Gasteiger partial charge in [0.25, 0.3) is 0 Å². The van der Waals surface area contributed by atoms with E-state index in [9.17, 15) is 18.3 Å². The molecular formula is C13H18F3N3O. The number of aromatic nitrogens is 2. The zero-order chi connectivity index (χ0) is 14.8. The van der Waals surface area contributed by atoms with Crippen LogP contribution in [-0.4, -0.2) is 27.4 Å². The van der Waals surface area contributed by atoms with Crippen LogP contribution in [0, 0.1) is 5.92 Å². The van der Waals surface area contributed by atoms with Crippen molar-refractivity contribution >= 4 is 5.82 Å². The van der Waals surface area contributed by atoms with Gasteiger partial charge in [0, 0.05) is 6.54 Å². The van der Waals surface area contributed by atoms with Crippen LogP contribution < -0.4 is 5.32 Å². The van der Waals surface area contributed by atoms with E-state index in [2.05, 4.69) is 22.4 Å². The maximum atomic E-state index is 12.3. The number of aliphatic hydroxyl groups is 1. The number of alkyl halides is 3. The highest BCUT2D eigenvalue weighted by atomic mass is 19.4. The van der Waals surface area contributed by atoms with E-state index in [0.717, 1.165) is 18.9 Å². The lowest BCUT2D eigenvalue weighted by Crippen LogP contribution is -2.41. The maximum Gasteiger partial charge on any atom is 0.435 e. The Morgan fingerprint density at radius 3 is 2.70 bits per heavy atom. The van der Waals surface area contributed by atoms with Crippen LogP contribution in [0.4, 0.5) is 19.0 Å². The first-order valence-corrected chi connectivity index (χ1v) is 6.66. The van der Waals surface area contributed by atoms with Crippen LogP contribution in [0.15, 0.2) is 12.1 Å². The molecule has 2 N–H and O–H groups in total. The second kappa shape index (κ2) is 5.55. The fourth-order valence-corrected chi connectivity index (χ4v) is 2.63. The van der Waals surface area contributed by atoms with E-state index in [-0.39, 0.29) is 12.4 Å². The van der Waals surface area contributed by atoms with E-state index in [0.29, 0.717) is 18.8 Å². The minimum atomic E-state index is -4.48. The summed E-state index contributed by atoms with van der Waals surface area (Å²) in [6.07, 6.45) is -1.05. The van der Waals surface area contributed by atoms with Crippen molar-refractivity contribution in [3.63, 3.8) is 0 Å². The zero-order valence-electron chi connectivity index (χ0n) is 11.2. The second-order valence-electron chi connectivity index (χ2n) is 5.58. The van der Waals surface area contributed by atoms with E-state index < -0.39 is 17.5 Å². The third-order valence-electron chi connectivity index (χ3n) is 3.62. The molecule has 1 aliphatic rings. The fraction of sp³-hybridized carbons (Fsp3) is 0.692. The van der Waals surface area contributed by atoms with Gasteiger partial charge in [-0.3, -0.25) is 0 Å². The predicted octanol–water partition coefficient (Wildman–Crippen LogP) is 2.85. The van der Waals surface area contributed by atoms with Crippen LogP contribution in [0.2, 0.25) is 0 Å². The topological polar surface area (TPSA) is 58.0 Å². The maximum absolute atomic E-state index is 12.3. The Bertz CT molecular complexity index is 449. The molecule has 2 unspecified atom stereocenters. The molecule has 0 saturated heterocycles. The normalized spacial score (nSPS) is 27.4. The molecule has 1 aliphatic carbocycles. The van der Waals surface area contributed by atoms with Crippen molar-refractivity contribution in [2.75, 3.05) is 11.9 Å². The third-order valence-corrected chi connectivity index (χ3v) is 3.62. The number of rotatable bonds is 3. The van der Waals surface area contributed by atoms with Gasteiger partial charge in [0.15, 0.2) is 5.69 Å². The van der Waals surface area contributed by atoms with Gasteiger partial charge in [-0.25, -0.2) is 0 Å². The fourth-order valence-electron chi connectivity index (χ4n) is 2.63. The summed E-state index contributed by atoms with van der Waals surface area (Å²) in [5.74, 6) is 0.693. The molecule has 1 fully saturated rings. The molecule has 7 heteroatoms. The molecule has 1 aromatic rings. The Morgan fingerprint density at radius 2 is 2.15 bits per heavy atom. The third kappa shape index (κ3) is 3.82. The molecular weight excluding hydrogens is 271 g/mol. The molecule has 0 aliphatic heterocycles. The Hall–Kier alpha value is -1.37. The monoisotopic (exact) mass is 289 g/mol. The van der Waals surface area contributed by atoms with Crippen molar-refractivity contribution in [3.05, 3.63) is 17.8 Å². The summed E-state index contributed by atoms with van der Waals surface area (Å²) < 4.78 is 37.0. The molecule has 1 heterocycles. The summed E-state index contributed by atoms with van der Waals surface area (Å²) in [4.78, 5) is 0. The van der Waals surface area contributed by atoms with Crippen molar-refractivity contribution in [1.82, 2.24) is 10.2 Å². The van der Waals surface area contributed by atoms with Crippen LogP contribution in [0.25, 0.3) is 0 Å². The summed E-state index contributed by atoms with van der Waals surface area (Å²) in [5, 5.41) is 19.9. The molecule has 20 heavy (non-hydrogen) atoms. The molecule has 2 rings (SSSR count). The summed E-state index contributed by atoms with van der Waals surface area (Å²) in [5.41, 5.74) is -1.84. The molecule has 1 aromatic heterocycles. The highest BCUT2D eigenvalue weighted by Crippen LogP contribution is 2.32. The molecule has 112 valence electrons. The van der Waals surface area contributed by atoms with Gasteiger partial charge in [-0.05, 0) is 30.9 Å². The minimum Gasteiger partial charge on any atom is -0.388 e. The predicted molar refractivity (Wildman–Crippen MR) is 68.1 cm³/mol. The lowest BCUT2D eigenvalue weighted by atomic mass is 9.79. The SMILES string of the molecule is CC1CCCC(O)(CNc2ccc(C(F)(F)F)nn2)C1. The molecule has 0 radical (unpaired) electrons. The lowest BCUT2D eigenvalue weighted by Gasteiger charge is -2.35. The van der Waals surface area contributed by atoms with E-state index >= 15 is 0 Å². The minimum absolute atomic E-state index is 0.240. The first-order chi connectivity index (χ1) is 9.28. The highest BCUT2D eigenvalue weighted by molar-refractivity contribution is 5.34. The van der Waals surface area contributed by atoms with Gasteiger partial charge in [-0.1, -0.05) is 19.8 Å². The van der Waals surface area contributed by atoms with E-state index in [1.54, 1.807) is 0 Å². The first kappa shape index (κ1) is 15.0. The summed E-state index contributed by atoms with van der Waals surface area (Å²) >= 11 is 0. The zero-order valence-corrected chi connectivity index (χ0v) is 11.2. The number of hydrogen-bond acceptors (Lipinski definition) is 4. The molecule has 2 atom stereocenters. The molecule has 4 nitrogen and oxygen atoms in total. The molecule has 1 saturated carbocycles. The van der Waals surface area contributed by atoms with Gasteiger partial charge in [-0.2, -0.15) is 13.2 Å². The molecule has 0 amide bonds. The summed E-state index contributed by atoms with van der Waals surface area (Å²) in [6, 6.07) is 2.11. The van der Waals surface area contributed by atoms with Crippen molar-refractivity contribution in [1.29, 1.82) is 0 Å². The van der Waals surface area contributed by atoms with Gasteiger partial charge in [0.2, 0.25) is 0 Å². The van der Waals surface area contributed by atoms with Gasteiger partial charge < -0.3 is 10.4 Å². The largest absolute Gasteiger partial charge is 0.435 e. The van der Waals surface area contributed by atoms with Crippen molar-refractivity contribution < 1.29 is 18.3 Å². The molecule has 0 aromatic carbocycles. The van der Waals surface area contributed by atoms with Crippen molar-refractivity contribution in [3.8, 4) is 0 Å². The van der Waals surface area contributed by atoms with E-state index in [1.165, 1.54) is 6.07 Å². The lowest BCUT2D eigenvalue weighted by molar-refractivity contribution is -0.141. The van der Waals surface area contributed by atoms with Crippen molar-refractivity contribution in [2.24, 2.45) is 5.92 Å². The Labute approximate surface area is 115 Å². The van der Waals surface area contributed by atoms with Crippen LogP contribution in [0.5, 0.6) is 0 Å². The van der Waals surface area contributed by atoms with Gasteiger partial charge in [0.05, 0.1) is 5.60 Å². The Balaban J connectivity index is 1.94. The van der Waals surface area contributed by atoms with E-state index in [4.69, 9.17) is 0 Å². The number of hydrogen-bond donors (Lipinski definition) is 2. The average molecular weight is 289 g/mol. The van der Waals surface area contributed by atoms with Crippen LogP contribution >= 0.6 is 0 Å². The highest BCUT2D eigenvalue weighted by Gasteiger charge is 2.34. The van der Waals surface area contributed by atoms with Crippen LogP contribution in [-0.2, 0) is 6.18 Å². The second-order valence-corrected chi connectivity index (χ2v) is 5.58. The number of nitrogens with zero attached hydrogens (tertiary/aromatic N) is 2. The van der Waals surface area contributed by atoms with Crippen molar-refractivity contribution in [2.45, 2.75) is 44.4 Å². The van der Waals surface area contributed by atoms with Gasteiger partial charge in [-0.15, -0.1) is 10.2 Å². The average Bonchev–Trinajstić information content (AvgIpc) is 2.36. The van der Waals surface area contributed by atoms with Gasteiger partial charge >= 0.3 is 6.18 Å². The van der Waals surface area contributed by atoms with Crippen LogP contribution in [0.3, 0.4) is 0 Å². The number of halogens is 3. The summed E-state index contributed by atoms with van der Waals surface area (Å²) in [7, 11) is 0. The quantitative estimate of drug-likeness (QED) is 0.898. The Morgan fingerprint density at radius 1 is 1.40 bits per heavy atom. The Kier molecular flexibility index (Phi) is 4.17. The van der Waals surface area contributed by atoms with Gasteiger partial charge in [0.1, 0.15) is 5.82 Å². The molecule has 0 bridgehead atoms. The van der Waals surface area contributed by atoms with Crippen LogP contribution in [0.1, 0.15) is 38.3 Å². The number of nitrogens with one attached hydrogen (secondary N) is 1. The molecule has 0 spiro atoms. The summed E-state index contributed by atoms with van der Waals surface area (Å²) in [6.45, 7) is 2.36. The van der Waals surface area contributed by atoms with E-state index in [1.807, 2.05) is 0 Å². The number of anilines is 1.